The summed E-state index contributed by atoms with van der Waals surface area (Å²) < 4.78 is 47.4. The molecule has 0 N–H and O–H groups in total. The number of hydrogen-bond donors (Lipinski definition) is 0. The van der Waals surface area contributed by atoms with Gasteiger partial charge in [0, 0.05) is 5.92 Å². The van der Waals surface area contributed by atoms with Gasteiger partial charge in [-0.15, -0.1) is 0 Å². The smallest absolute Gasteiger partial charge is 0.297 e. The molecule has 5 aromatic rings. The highest BCUT2D eigenvalue weighted by Gasteiger charge is 2.32. The lowest BCUT2D eigenvalue weighted by Crippen LogP contribution is -2.20. The van der Waals surface area contributed by atoms with Gasteiger partial charge < -0.3 is 14.2 Å². The van der Waals surface area contributed by atoms with Gasteiger partial charge in [0.2, 0.25) is 0 Å². The molecule has 0 aliphatic heterocycles. The van der Waals surface area contributed by atoms with E-state index in [1.54, 1.807) is 24.3 Å². The Morgan fingerprint density at radius 1 is 0.660 bits per heavy atom. The number of fused-ring (bicyclic) bond motifs is 1. The summed E-state index contributed by atoms with van der Waals surface area (Å²) in [7, 11) is -3.80. The summed E-state index contributed by atoms with van der Waals surface area (Å²) in [4.78, 5) is 0.138. The van der Waals surface area contributed by atoms with E-state index < -0.39 is 10.1 Å². The van der Waals surface area contributed by atoms with Crippen molar-refractivity contribution >= 4 is 10.1 Å². The van der Waals surface area contributed by atoms with Crippen molar-refractivity contribution in [1.82, 2.24) is 0 Å². The lowest BCUT2D eigenvalue weighted by molar-refractivity contribution is 0.0779. The van der Waals surface area contributed by atoms with Crippen molar-refractivity contribution in [2.45, 2.75) is 43.1 Å². The summed E-state index contributed by atoms with van der Waals surface area (Å²) in [5.41, 5.74) is 7.40. The van der Waals surface area contributed by atoms with E-state index in [0.717, 1.165) is 35.5 Å². The zero-order valence-electron chi connectivity index (χ0n) is 26.6. The summed E-state index contributed by atoms with van der Waals surface area (Å²) in [5.74, 6) is 2.22. The van der Waals surface area contributed by atoms with Crippen molar-refractivity contribution in [1.29, 1.82) is 0 Å². The molecule has 242 valence electrons. The van der Waals surface area contributed by atoms with Gasteiger partial charge in [0.15, 0.2) is 0 Å². The zero-order valence-corrected chi connectivity index (χ0v) is 27.4. The fourth-order valence-corrected chi connectivity index (χ4v) is 7.06. The maximum absolute atomic E-state index is 12.3. The van der Waals surface area contributed by atoms with Crippen molar-refractivity contribution in [3.63, 3.8) is 0 Å². The van der Waals surface area contributed by atoms with Crippen LogP contribution in [0, 0.1) is 6.92 Å². The van der Waals surface area contributed by atoms with E-state index in [1.165, 1.54) is 22.3 Å². The lowest BCUT2D eigenvalue weighted by atomic mass is 9.69. The standard InChI is InChI=1S/C40H40O6S/c1-30-12-20-37(21-13-30)47(41,42)46-27-25-43-24-26-44-35-17-14-33(15-18-35)40-38(32-10-6-3-7-11-32)22-16-34-28-36(19-23-39(34)40)45-29-31-8-4-2-5-9-31/h2-15,17-21,23,28,38,40H,16,22,24-27,29H2,1H3/t38-,40+/m1/s1. The molecule has 0 unspecified atom stereocenters. The zero-order chi connectivity index (χ0) is 32.5. The van der Waals surface area contributed by atoms with Gasteiger partial charge in [0.05, 0.1) is 24.7 Å². The molecule has 0 aromatic heterocycles. The van der Waals surface area contributed by atoms with Gasteiger partial charge in [-0.1, -0.05) is 96.6 Å². The molecule has 5 aromatic carbocycles. The third kappa shape index (κ3) is 8.49. The van der Waals surface area contributed by atoms with E-state index in [0.29, 0.717) is 25.7 Å². The SMILES string of the molecule is Cc1ccc(S(=O)(=O)OCCOCCOc2ccc([C@@H]3c4ccc(OCc5ccccc5)cc4CC[C@@H]3c3ccccc3)cc2)cc1. The summed E-state index contributed by atoms with van der Waals surface area (Å²) in [5, 5.41) is 0. The van der Waals surface area contributed by atoms with Crippen LogP contribution >= 0.6 is 0 Å². The van der Waals surface area contributed by atoms with Gasteiger partial charge in [-0.05, 0) is 89.9 Å². The molecular weight excluding hydrogens is 609 g/mol. The molecule has 6 nitrogen and oxygen atoms in total. The van der Waals surface area contributed by atoms with E-state index >= 15 is 0 Å². The Morgan fingerprint density at radius 3 is 2.09 bits per heavy atom. The number of hydrogen-bond acceptors (Lipinski definition) is 6. The van der Waals surface area contributed by atoms with Crippen LogP contribution in [0.15, 0.2) is 132 Å². The normalized spacial score (nSPS) is 15.9. The van der Waals surface area contributed by atoms with Gasteiger partial charge in [-0.2, -0.15) is 8.42 Å². The summed E-state index contributed by atoms with van der Waals surface area (Å²) in [6.07, 6.45) is 2.05. The van der Waals surface area contributed by atoms with E-state index in [9.17, 15) is 8.42 Å². The Kier molecular flexibility index (Phi) is 10.7. The lowest BCUT2D eigenvalue weighted by Gasteiger charge is -2.35. The molecule has 0 saturated heterocycles. The highest BCUT2D eigenvalue weighted by molar-refractivity contribution is 7.86. The van der Waals surface area contributed by atoms with Crippen molar-refractivity contribution in [2.75, 3.05) is 26.4 Å². The Bertz CT molecular complexity index is 1820. The molecule has 0 radical (unpaired) electrons. The molecule has 6 rings (SSSR count). The molecule has 7 heteroatoms. The first kappa shape index (κ1) is 32.5. The minimum absolute atomic E-state index is 0.0585. The topological polar surface area (TPSA) is 71.1 Å². The fraction of sp³-hybridized carbons (Fsp3) is 0.250. The molecule has 0 spiro atoms. The van der Waals surface area contributed by atoms with E-state index in [1.807, 2.05) is 37.3 Å². The molecule has 47 heavy (non-hydrogen) atoms. The Labute approximate surface area is 278 Å². The van der Waals surface area contributed by atoms with Gasteiger partial charge >= 0.3 is 0 Å². The van der Waals surface area contributed by atoms with Crippen LogP contribution in [0.4, 0.5) is 0 Å². The van der Waals surface area contributed by atoms with Gasteiger partial charge in [0.1, 0.15) is 24.7 Å². The van der Waals surface area contributed by atoms with E-state index in [2.05, 4.69) is 72.8 Å². The molecule has 1 aliphatic carbocycles. The average Bonchev–Trinajstić information content (AvgIpc) is 3.11. The van der Waals surface area contributed by atoms with Gasteiger partial charge in [-0.3, -0.25) is 4.18 Å². The first-order valence-corrected chi connectivity index (χ1v) is 17.5. The molecule has 0 amide bonds. The second kappa shape index (κ2) is 15.4. The second-order valence-corrected chi connectivity index (χ2v) is 13.4. The molecule has 0 heterocycles. The summed E-state index contributed by atoms with van der Waals surface area (Å²) >= 11 is 0. The summed E-state index contributed by atoms with van der Waals surface area (Å²) in [6.45, 7) is 3.19. The van der Waals surface area contributed by atoms with Crippen molar-refractivity contribution in [3.8, 4) is 11.5 Å². The predicted molar refractivity (Wildman–Crippen MR) is 184 cm³/mol. The van der Waals surface area contributed by atoms with Crippen LogP contribution < -0.4 is 9.47 Å². The number of aryl methyl sites for hydroxylation is 2. The fourth-order valence-electron chi connectivity index (χ4n) is 6.17. The highest BCUT2D eigenvalue weighted by atomic mass is 32.2. The van der Waals surface area contributed by atoms with Crippen molar-refractivity contribution in [3.05, 3.63) is 161 Å². The number of rotatable bonds is 14. The quantitative estimate of drug-likeness (QED) is 0.0893. The minimum atomic E-state index is -3.80. The maximum atomic E-state index is 12.3. The molecular formula is C40H40O6S. The maximum Gasteiger partial charge on any atom is 0.297 e. The molecule has 0 bridgehead atoms. The molecule has 2 atom stereocenters. The van der Waals surface area contributed by atoms with Crippen LogP contribution in [0.25, 0.3) is 0 Å². The van der Waals surface area contributed by atoms with Gasteiger partial charge in [-0.25, -0.2) is 0 Å². The van der Waals surface area contributed by atoms with Crippen LogP contribution in [-0.2, 0) is 32.1 Å². The third-order valence-corrected chi connectivity index (χ3v) is 9.89. The monoisotopic (exact) mass is 648 g/mol. The largest absolute Gasteiger partial charge is 0.491 e. The third-order valence-electron chi connectivity index (χ3n) is 8.56. The van der Waals surface area contributed by atoms with E-state index in [-0.39, 0.29) is 24.0 Å². The Hall–Kier alpha value is -4.43. The second-order valence-electron chi connectivity index (χ2n) is 11.8. The molecule has 1 aliphatic rings. The van der Waals surface area contributed by atoms with Crippen molar-refractivity contribution in [2.24, 2.45) is 0 Å². The van der Waals surface area contributed by atoms with Gasteiger partial charge in [0.25, 0.3) is 10.1 Å². The van der Waals surface area contributed by atoms with Crippen LogP contribution in [0.1, 0.15) is 51.6 Å². The van der Waals surface area contributed by atoms with Crippen molar-refractivity contribution < 1.29 is 26.8 Å². The average molecular weight is 649 g/mol. The first-order valence-electron chi connectivity index (χ1n) is 16.1. The first-order chi connectivity index (χ1) is 23.0. The minimum Gasteiger partial charge on any atom is -0.491 e. The predicted octanol–water partition coefficient (Wildman–Crippen LogP) is 8.24. The van der Waals surface area contributed by atoms with Crippen LogP contribution in [0.2, 0.25) is 0 Å². The van der Waals surface area contributed by atoms with Crippen LogP contribution in [0.3, 0.4) is 0 Å². The Morgan fingerprint density at radius 2 is 1.34 bits per heavy atom. The highest BCUT2D eigenvalue weighted by Crippen LogP contribution is 2.47. The molecule has 0 fully saturated rings. The molecule has 0 saturated carbocycles. The van der Waals surface area contributed by atoms with E-state index in [4.69, 9.17) is 18.4 Å². The van der Waals surface area contributed by atoms with Crippen LogP contribution in [0.5, 0.6) is 11.5 Å². The Balaban J connectivity index is 1.05. The van der Waals surface area contributed by atoms with Crippen LogP contribution in [-0.4, -0.2) is 34.8 Å². The number of ether oxygens (including phenoxy) is 3. The number of benzene rings is 5. The summed E-state index contributed by atoms with van der Waals surface area (Å²) in [6, 6.07) is 42.5.